The Labute approximate surface area is 50.9 Å². The first-order valence-electron chi connectivity index (χ1n) is 3.13. The SMILES string of the molecule is CC(C)=C=C1C[C@H]1C. The summed E-state index contributed by atoms with van der Waals surface area (Å²) >= 11 is 0. The van der Waals surface area contributed by atoms with Gasteiger partial charge in [0.05, 0.1) is 0 Å². The van der Waals surface area contributed by atoms with Crippen LogP contribution in [0.5, 0.6) is 0 Å². The van der Waals surface area contributed by atoms with Crippen LogP contribution in [0.2, 0.25) is 0 Å². The molecule has 1 atom stereocenters. The van der Waals surface area contributed by atoms with Crippen molar-refractivity contribution in [3.8, 4) is 0 Å². The summed E-state index contributed by atoms with van der Waals surface area (Å²) in [5.74, 6) is 0.838. The Morgan fingerprint density at radius 3 is 2.25 bits per heavy atom. The third kappa shape index (κ3) is 1.24. The molecule has 0 saturated heterocycles. The quantitative estimate of drug-likeness (QED) is 0.418. The van der Waals surface area contributed by atoms with E-state index in [1.165, 1.54) is 17.6 Å². The highest BCUT2D eigenvalue weighted by Crippen LogP contribution is 2.35. The monoisotopic (exact) mass is 108 g/mol. The third-order valence-electron chi connectivity index (χ3n) is 1.37. The van der Waals surface area contributed by atoms with Gasteiger partial charge in [-0.25, -0.2) is 0 Å². The number of rotatable bonds is 0. The van der Waals surface area contributed by atoms with Crippen molar-refractivity contribution in [3.05, 3.63) is 16.9 Å². The topological polar surface area (TPSA) is 0 Å². The van der Waals surface area contributed by atoms with Crippen molar-refractivity contribution in [2.45, 2.75) is 27.2 Å². The molecule has 1 aliphatic carbocycles. The van der Waals surface area contributed by atoms with Gasteiger partial charge in [0.2, 0.25) is 0 Å². The van der Waals surface area contributed by atoms with Gasteiger partial charge < -0.3 is 0 Å². The van der Waals surface area contributed by atoms with Crippen LogP contribution in [-0.4, -0.2) is 0 Å². The van der Waals surface area contributed by atoms with E-state index in [2.05, 4.69) is 26.5 Å². The van der Waals surface area contributed by atoms with Gasteiger partial charge in [0, 0.05) is 0 Å². The van der Waals surface area contributed by atoms with Crippen molar-refractivity contribution < 1.29 is 0 Å². The lowest BCUT2D eigenvalue weighted by Gasteiger charge is -1.73. The second kappa shape index (κ2) is 1.80. The van der Waals surface area contributed by atoms with E-state index in [-0.39, 0.29) is 0 Å². The molecule has 1 saturated carbocycles. The summed E-state index contributed by atoms with van der Waals surface area (Å²) in [5.41, 5.74) is 6.11. The van der Waals surface area contributed by atoms with Crippen LogP contribution >= 0.6 is 0 Å². The number of hydrogen-bond acceptors (Lipinski definition) is 0. The molecule has 0 N–H and O–H groups in total. The van der Waals surface area contributed by atoms with E-state index in [9.17, 15) is 0 Å². The maximum atomic E-state index is 3.30. The minimum Gasteiger partial charge on any atom is -0.123 e. The summed E-state index contributed by atoms with van der Waals surface area (Å²) in [6.07, 6.45) is 1.28. The fourth-order valence-electron chi connectivity index (χ4n) is 0.766. The van der Waals surface area contributed by atoms with Gasteiger partial charge in [-0.3, -0.25) is 0 Å². The summed E-state index contributed by atoms with van der Waals surface area (Å²) in [6, 6.07) is 0. The second-order valence-electron chi connectivity index (χ2n) is 2.76. The summed E-state index contributed by atoms with van der Waals surface area (Å²) in [7, 11) is 0. The van der Waals surface area contributed by atoms with Gasteiger partial charge in [-0.15, -0.1) is 5.73 Å². The molecular weight excluding hydrogens is 96.1 g/mol. The average molecular weight is 108 g/mol. The van der Waals surface area contributed by atoms with Gasteiger partial charge in [-0.05, 0) is 37.3 Å². The molecule has 0 aromatic heterocycles. The first-order valence-corrected chi connectivity index (χ1v) is 3.13. The Morgan fingerprint density at radius 1 is 1.62 bits per heavy atom. The van der Waals surface area contributed by atoms with Gasteiger partial charge >= 0.3 is 0 Å². The highest BCUT2D eigenvalue weighted by molar-refractivity contribution is 5.22. The van der Waals surface area contributed by atoms with E-state index in [0.29, 0.717) is 0 Å². The fraction of sp³-hybridized carbons (Fsp3) is 0.625. The van der Waals surface area contributed by atoms with E-state index >= 15 is 0 Å². The van der Waals surface area contributed by atoms with Crippen LogP contribution in [0.25, 0.3) is 0 Å². The zero-order valence-electron chi connectivity index (χ0n) is 5.78. The summed E-state index contributed by atoms with van der Waals surface area (Å²) in [4.78, 5) is 0. The van der Waals surface area contributed by atoms with Crippen molar-refractivity contribution in [1.29, 1.82) is 0 Å². The second-order valence-corrected chi connectivity index (χ2v) is 2.76. The molecule has 0 aromatic rings. The largest absolute Gasteiger partial charge is 0.123 e. The normalized spacial score (nSPS) is 24.9. The minimum atomic E-state index is 0.838. The first-order chi connectivity index (χ1) is 3.70. The third-order valence-corrected chi connectivity index (χ3v) is 1.37. The van der Waals surface area contributed by atoms with E-state index < -0.39 is 0 Å². The Bertz CT molecular complexity index is 153. The highest BCUT2D eigenvalue weighted by atomic mass is 14.3. The molecule has 8 heavy (non-hydrogen) atoms. The Kier molecular flexibility index (Phi) is 1.27. The zero-order valence-corrected chi connectivity index (χ0v) is 5.78. The van der Waals surface area contributed by atoms with Crippen LogP contribution < -0.4 is 0 Å². The van der Waals surface area contributed by atoms with E-state index in [0.717, 1.165) is 5.92 Å². The molecule has 1 fully saturated rings. The van der Waals surface area contributed by atoms with Crippen LogP contribution in [0.1, 0.15) is 27.2 Å². The molecule has 0 aliphatic heterocycles. The predicted molar refractivity (Wildman–Crippen MR) is 35.7 cm³/mol. The van der Waals surface area contributed by atoms with Crippen molar-refractivity contribution in [1.82, 2.24) is 0 Å². The lowest BCUT2D eigenvalue weighted by Crippen LogP contribution is -1.55. The number of allylic oxidation sites excluding steroid dienone is 1. The van der Waals surface area contributed by atoms with Gasteiger partial charge in [0.25, 0.3) is 0 Å². The summed E-state index contributed by atoms with van der Waals surface area (Å²) in [6.45, 7) is 6.43. The molecular formula is C8H12. The smallest absolute Gasteiger partial charge is 0.0112 e. The van der Waals surface area contributed by atoms with Gasteiger partial charge in [-0.1, -0.05) is 6.92 Å². The Balaban J connectivity index is 2.72. The van der Waals surface area contributed by atoms with Crippen molar-refractivity contribution in [3.63, 3.8) is 0 Å². The molecule has 0 nitrogen and oxygen atoms in total. The van der Waals surface area contributed by atoms with Crippen LogP contribution in [-0.2, 0) is 0 Å². The maximum absolute atomic E-state index is 3.30. The molecule has 44 valence electrons. The van der Waals surface area contributed by atoms with E-state index in [4.69, 9.17) is 0 Å². The van der Waals surface area contributed by atoms with Gasteiger partial charge in [0.15, 0.2) is 0 Å². The van der Waals surface area contributed by atoms with Crippen LogP contribution in [0.3, 0.4) is 0 Å². The summed E-state index contributed by atoms with van der Waals surface area (Å²) < 4.78 is 0. The van der Waals surface area contributed by atoms with Crippen LogP contribution in [0.15, 0.2) is 16.9 Å². The van der Waals surface area contributed by atoms with Gasteiger partial charge in [-0.2, -0.15) is 0 Å². The van der Waals surface area contributed by atoms with Crippen molar-refractivity contribution >= 4 is 0 Å². The maximum Gasteiger partial charge on any atom is -0.0112 e. The molecule has 0 radical (unpaired) electrons. The molecule has 0 unspecified atom stereocenters. The molecule has 0 heterocycles. The fourth-order valence-corrected chi connectivity index (χ4v) is 0.766. The van der Waals surface area contributed by atoms with Gasteiger partial charge in [0.1, 0.15) is 0 Å². The highest BCUT2D eigenvalue weighted by Gasteiger charge is 2.23. The predicted octanol–water partition coefficient (Wildman–Crippen LogP) is 2.52. The van der Waals surface area contributed by atoms with Crippen LogP contribution in [0, 0.1) is 5.92 Å². The molecule has 1 rings (SSSR count). The lowest BCUT2D eigenvalue weighted by atomic mass is 10.3. The molecule has 0 aromatic carbocycles. The minimum absolute atomic E-state index is 0.838. The lowest BCUT2D eigenvalue weighted by molar-refractivity contribution is 1.02. The standard InChI is InChI=1S/C8H12/c1-6(2)4-8-5-7(8)3/h7H,5H2,1-3H3/t7-/m1/s1. The van der Waals surface area contributed by atoms with Crippen molar-refractivity contribution in [2.24, 2.45) is 5.92 Å². The zero-order chi connectivity index (χ0) is 6.15. The molecule has 0 bridgehead atoms. The molecule has 0 heteroatoms. The Morgan fingerprint density at radius 2 is 2.12 bits per heavy atom. The molecule has 1 aliphatic rings. The molecule has 0 spiro atoms. The van der Waals surface area contributed by atoms with Crippen LogP contribution in [0.4, 0.5) is 0 Å². The summed E-state index contributed by atoms with van der Waals surface area (Å²) in [5, 5.41) is 0. The van der Waals surface area contributed by atoms with E-state index in [1.807, 2.05) is 0 Å². The van der Waals surface area contributed by atoms with Crippen molar-refractivity contribution in [2.75, 3.05) is 0 Å². The first kappa shape index (κ1) is 5.65. The van der Waals surface area contributed by atoms with E-state index in [1.54, 1.807) is 0 Å². The number of hydrogen-bond donors (Lipinski definition) is 0. The Hall–Kier alpha value is -0.480. The average Bonchev–Trinajstić information content (AvgIpc) is 2.17. The molecule has 0 amide bonds.